The van der Waals surface area contributed by atoms with Gasteiger partial charge >= 0.3 is 5.97 Å². The third-order valence-electron chi connectivity index (χ3n) is 2.77. The fourth-order valence-electron chi connectivity index (χ4n) is 1.83. The monoisotopic (exact) mass is 301 g/mol. The van der Waals surface area contributed by atoms with Gasteiger partial charge in [-0.1, -0.05) is 18.2 Å². The van der Waals surface area contributed by atoms with Gasteiger partial charge in [-0.3, -0.25) is 4.79 Å². The number of benzene rings is 1. The quantitative estimate of drug-likeness (QED) is 0.760. The normalized spacial score (nSPS) is 12.9. The number of carboxylic acids is 1. The topological polar surface area (TPSA) is 92.7 Å². The lowest BCUT2D eigenvalue weighted by atomic mass is 10.1. The summed E-state index contributed by atoms with van der Waals surface area (Å²) < 4.78 is 31.4. The van der Waals surface area contributed by atoms with Gasteiger partial charge in [0.05, 0.1) is 12.9 Å². The molecule has 0 fully saturated rings. The third kappa shape index (κ3) is 5.18. The van der Waals surface area contributed by atoms with Crippen LogP contribution >= 0.6 is 0 Å². The number of aliphatic carboxylic acids is 1. The Morgan fingerprint density at radius 3 is 2.65 bits per heavy atom. The number of methoxy groups -OCH3 is 1. The van der Waals surface area contributed by atoms with Gasteiger partial charge in [-0.05, 0) is 19.4 Å². The predicted octanol–water partition coefficient (Wildman–Crippen LogP) is 1.54. The maximum absolute atomic E-state index is 11.9. The van der Waals surface area contributed by atoms with Gasteiger partial charge in [0.1, 0.15) is 5.75 Å². The van der Waals surface area contributed by atoms with Crippen LogP contribution in [0.1, 0.15) is 31.4 Å². The second-order valence-electron chi connectivity index (χ2n) is 4.40. The summed E-state index contributed by atoms with van der Waals surface area (Å²) in [5, 5.41) is 8.51. The number of carbonyl (C=O) groups is 1. The first kappa shape index (κ1) is 16.5. The minimum atomic E-state index is -3.52. The lowest BCUT2D eigenvalue weighted by molar-refractivity contribution is -0.137. The molecule has 7 heteroatoms. The van der Waals surface area contributed by atoms with Crippen molar-refractivity contribution in [1.29, 1.82) is 0 Å². The number of hydrogen-bond donors (Lipinski definition) is 2. The van der Waals surface area contributed by atoms with Crippen LogP contribution in [0.5, 0.6) is 5.75 Å². The van der Waals surface area contributed by atoms with Crippen LogP contribution in [0.4, 0.5) is 0 Å². The molecule has 1 rings (SSSR count). The van der Waals surface area contributed by atoms with Crippen LogP contribution in [0.3, 0.4) is 0 Å². The molecule has 0 radical (unpaired) electrons. The predicted molar refractivity (Wildman–Crippen MR) is 75.2 cm³/mol. The number of sulfonamides is 1. The Balaban J connectivity index is 2.69. The minimum absolute atomic E-state index is 0.0866. The van der Waals surface area contributed by atoms with Crippen molar-refractivity contribution in [2.75, 3.05) is 12.9 Å². The molecule has 0 aliphatic carbocycles. The Hall–Kier alpha value is -1.60. The molecule has 0 amide bonds. The summed E-state index contributed by atoms with van der Waals surface area (Å²) >= 11 is 0. The molecular formula is C13H19NO5S. The highest BCUT2D eigenvalue weighted by Gasteiger charge is 2.18. The van der Waals surface area contributed by atoms with E-state index in [2.05, 4.69) is 4.72 Å². The lowest BCUT2D eigenvalue weighted by Gasteiger charge is -2.17. The third-order valence-corrected chi connectivity index (χ3v) is 4.30. The summed E-state index contributed by atoms with van der Waals surface area (Å²) in [4.78, 5) is 10.4. The van der Waals surface area contributed by atoms with Gasteiger partial charge in [-0.25, -0.2) is 13.1 Å². The van der Waals surface area contributed by atoms with Crippen molar-refractivity contribution in [1.82, 2.24) is 4.72 Å². The smallest absolute Gasteiger partial charge is 0.303 e. The van der Waals surface area contributed by atoms with Crippen LogP contribution in [0.25, 0.3) is 0 Å². The molecule has 0 saturated heterocycles. The average Bonchev–Trinajstić information content (AvgIpc) is 2.37. The fraction of sp³-hybridized carbons (Fsp3) is 0.462. The Kier molecular flexibility index (Phi) is 5.97. The molecule has 0 bridgehead atoms. The zero-order valence-corrected chi connectivity index (χ0v) is 12.3. The van der Waals surface area contributed by atoms with Crippen molar-refractivity contribution in [3.63, 3.8) is 0 Å². The molecule has 0 aromatic heterocycles. The molecule has 6 nitrogen and oxygen atoms in total. The molecule has 1 atom stereocenters. The molecule has 0 unspecified atom stereocenters. The van der Waals surface area contributed by atoms with Gasteiger partial charge in [0.25, 0.3) is 0 Å². The van der Waals surface area contributed by atoms with E-state index in [9.17, 15) is 13.2 Å². The standard InChI is InChI=1S/C13H19NO5S/c1-10(11-6-3-4-7-12(11)19-2)14-20(17,18)9-5-8-13(15)16/h3-4,6-7,10,14H,5,8-9H2,1-2H3,(H,15,16)/t10-/m0/s1. The summed E-state index contributed by atoms with van der Waals surface area (Å²) in [6, 6.07) is 6.69. The lowest BCUT2D eigenvalue weighted by Crippen LogP contribution is -2.29. The number of carboxylic acid groups (broad SMARTS) is 1. The zero-order valence-electron chi connectivity index (χ0n) is 11.5. The van der Waals surface area contributed by atoms with E-state index in [-0.39, 0.29) is 18.6 Å². The van der Waals surface area contributed by atoms with Crippen molar-refractivity contribution < 1.29 is 23.1 Å². The zero-order chi connectivity index (χ0) is 15.2. The first-order valence-electron chi connectivity index (χ1n) is 6.20. The molecule has 1 aromatic carbocycles. The van der Waals surface area contributed by atoms with Crippen molar-refractivity contribution in [2.45, 2.75) is 25.8 Å². The molecule has 0 aliphatic heterocycles. The van der Waals surface area contributed by atoms with Gasteiger partial charge in [0, 0.05) is 18.0 Å². The van der Waals surface area contributed by atoms with E-state index in [0.717, 1.165) is 5.56 Å². The van der Waals surface area contributed by atoms with Gasteiger partial charge in [-0.2, -0.15) is 0 Å². The van der Waals surface area contributed by atoms with Crippen LogP contribution in [-0.2, 0) is 14.8 Å². The van der Waals surface area contributed by atoms with Gasteiger partial charge in [0.15, 0.2) is 0 Å². The SMILES string of the molecule is COc1ccccc1[C@H](C)NS(=O)(=O)CCCC(=O)O. The highest BCUT2D eigenvalue weighted by atomic mass is 32.2. The largest absolute Gasteiger partial charge is 0.496 e. The van der Waals surface area contributed by atoms with Crippen molar-refractivity contribution in [2.24, 2.45) is 0 Å². The van der Waals surface area contributed by atoms with E-state index < -0.39 is 22.0 Å². The number of rotatable bonds is 8. The van der Waals surface area contributed by atoms with Crippen molar-refractivity contribution in [3.8, 4) is 5.75 Å². The minimum Gasteiger partial charge on any atom is -0.496 e. The van der Waals surface area contributed by atoms with Crippen LogP contribution in [-0.4, -0.2) is 32.4 Å². The highest BCUT2D eigenvalue weighted by molar-refractivity contribution is 7.89. The Labute approximate surface area is 118 Å². The molecule has 112 valence electrons. The first-order valence-corrected chi connectivity index (χ1v) is 7.85. The van der Waals surface area contributed by atoms with Crippen LogP contribution in [0.15, 0.2) is 24.3 Å². The average molecular weight is 301 g/mol. The molecule has 0 aliphatic rings. The molecule has 20 heavy (non-hydrogen) atoms. The Bertz CT molecular complexity index is 556. The van der Waals surface area contributed by atoms with E-state index in [0.29, 0.717) is 5.75 Å². The summed E-state index contributed by atoms with van der Waals surface area (Å²) in [5.74, 6) is -0.607. The second-order valence-corrected chi connectivity index (χ2v) is 6.27. The van der Waals surface area contributed by atoms with Crippen molar-refractivity contribution >= 4 is 16.0 Å². The summed E-state index contributed by atoms with van der Waals surface area (Å²) in [7, 11) is -2.00. The summed E-state index contributed by atoms with van der Waals surface area (Å²) in [6.07, 6.45) is -0.0761. The van der Waals surface area contributed by atoms with E-state index in [1.54, 1.807) is 31.2 Å². The molecule has 0 spiro atoms. The van der Waals surface area contributed by atoms with Crippen LogP contribution in [0.2, 0.25) is 0 Å². The van der Waals surface area contributed by atoms with E-state index >= 15 is 0 Å². The van der Waals surface area contributed by atoms with Crippen molar-refractivity contribution in [3.05, 3.63) is 29.8 Å². The number of nitrogens with one attached hydrogen (secondary N) is 1. The van der Waals surface area contributed by atoms with Crippen LogP contribution in [0, 0.1) is 0 Å². The first-order chi connectivity index (χ1) is 9.35. The van der Waals surface area contributed by atoms with E-state index in [1.807, 2.05) is 0 Å². The van der Waals surface area contributed by atoms with E-state index in [1.165, 1.54) is 7.11 Å². The Morgan fingerprint density at radius 2 is 2.05 bits per heavy atom. The second kappa shape index (κ2) is 7.25. The summed E-state index contributed by atoms with van der Waals surface area (Å²) in [5.41, 5.74) is 0.733. The molecule has 0 saturated carbocycles. The number of para-hydroxylation sites is 1. The van der Waals surface area contributed by atoms with Gasteiger partial charge in [-0.15, -0.1) is 0 Å². The summed E-state index contributed by atoms with van der Waals surface area (Å²) in [6.45, 7) is 1.71. The molecule has 0 heterocycles. The maximum Gasteiger partial charge on any atom is 0.303 e. The van der Waals surface area contributed by atoms with Gasteiger partial charge in [0.2, 0.25) is 10.0 Å². The fourth-order valence-corrected chi connectivity index (χ4v) is 3.14. The number of ether oxygens (including phenoxy) is 1. The van der Waals surface area contributed by atoms with Crippen LogP contribution < -0.4 is 9.46 Å². The van der Waals surface area contributed by atoms with Gasteiger partial charge < -0.3 is 9.84 Å². The maximum atomic E-state index is 11.9. The highest BCUT2D eigenvalue weighted by Crippen LogP contribution is 2.24. The molecular weight excluding hydrogens is 282 g/mol. The number of hydrogen-bond acceptors (Lipinski definition) is 4. The van der Waals surface area contributed by atoms with E-state index in [4.69, 9.17) is 9.84 Å². The molecule has 2 N–H and O–H groups in total. The molecule has 1 aromatic rings. The Morgan fingerprint density at radius 1 is 1.40 bits per heavy atom.